The Bertz CT molecular complexity index is 440. The van der Waals surface area contributed by atoms with Gasteiger partial charge in [0.05, 0.1) is 6.61 Å². The molecule has 0 bridgehead atoms. The fraction of sp³-hybridized carbons (Fsp3) is 0.895. The Morgan fingerprint density at radius 3 is 2.62 bits per heavy atom. The van der Waals surface area contributed by atoms with Crippen molar-refractivity contribution in [1.82, 2.24) is 5.32 Å². The van der Waals surface area contributed by atoms with Crippen molar-refractivity contribution < 1.29 is 4.74 Å². The van der Waals surface area contributed by atoms with E-state index in [1.807, 2.05) is 0 Å². The second-order valence-electron chi connectivity index (χ2n) is 9.10. The van der Waals surface area contributed by atoms with E-state index in [1.165, 1.54) is 32.1 Å². The molecule has 1 N–H and O–H groups in total. The van der Waals surface area contributed by atoms with E-state index >= 15 is 0 Å². The molecule has 2 heteroatoms. The number of rotatable bonds is 2. The molecule has 0 aromatic rings. The van der Waals surface area contributed by atoms with Gasteiger partial charge in [0.25, 0.3) is 0 Å². The molecule has 0 saturated carbocycles. The lowest BCUT2D eigenvalue weighted by molar-refractivity contribution is -0.0325. The number of hydrogen-bond donors (Lipinski definition) is 1. The fourth-order valence-corrected chi connectivity index (χ4v) is 4.88. The lowest BCUT2D eigenvalue weighted by Gasteiger charge is -2.49. The first-order chi connectivity index (χ1) is 9.72. The van der Waals surface area contributed by atoms with Crippen LogP contribution in [0.15, 0.2) is 11.1 Å². The highest BCUT2D eigenvalue weighted by Gasteiger charge is 2.45. The van der Waals surface area contributed by atoms with Crippen molar-refractivity contribution in [3.8, 4) is 0 Å². The maximum Gasteiger partial charge on any atom is 0.116 e. The summed E-state index contributed by atoms with van der Waals surface area (Å²) < 4.78 is 5.99. The largest absolute Gasteiger partial charge is 0.360 e. The highest BCUT2D eigenvalue weighted by atomic mass is 16.5. The van der Waals surface area contributed by atoms with E-state index in [4.69, 9.17) is 4.74 Å². The van der Waals surface area contributed by atoms with Gasteiger partial charge in [-0.15, -0.1) is 0 Å². The molecule has 1 heterocycles. The molecule has 1 saturated heterocycles. The van der Waals surface area contributed by atoms with Crippen LogP contribution in [0.1, 0.15) is 73.1 Å². The van der Waals surface area contributed by atoms with E-state index < -0.39 is 0 Å². The second kappa shape index (κ2) is 5.09. The second-order valence-corrected chi connectivity index (χ2v) is 9.10. The standard InChI is InChI=1S/C19H33NO/c1-17(2)8-6-7-14-11-15(18(3,4)13-16(14)17)12-19(5)20-9-10-21-19/h15,20H,6-13H2,1-5H3. The van der Waals surface area contributed by atoms with Crippen LogP contribution in [0, 0.1) is 16.7 Å². The molecule has 2 atom stereocenters. The number of allylic oxidation sites excluding steroid dienone is 2. The number of nitrogens with one attached hydrogen (secondary N) is 1. The van der Waals surface area contributed by atoms with Gasteiger partial charge in [-0.05, 0) is 62.2 Å². The van der Waals surface area contributed by atoms with Gasteiger partial charge in [-0.3, -0.25) is 5.32 Å². The van der Waals surface area contributed by atoms with Crippen LogP contribution in [-0.4, -0.2) is 18.9 Å². The van der Waals surface area contributed by atoms with Crippen molar-refractivity contribution in [2.45, 2.75) is 78.9 Å². The molecule has 1 fully saturated rings. The first-order valence-corrected chi connectivity index (χ1v) is 8.82. The topological polar surface area (TPSA) is 21.3 Å². The minimum absolute atomic E-state index is 0.0931. The first kappa shape index (κ1) is 15.6. The Labute approximate surface area is 130 Å². The predicted octanol–water partition coefficient (Wildman–Crippen LogP) is 4.66. The third-order valence-corrected chi connectivity index (χ3v) is 6.41. The van der Waals surface area contributed by atoms with Crippen molar-refractivity contribution in [2.75, 3.05) is 13.2 Å². The average Bonchev–Trinajstić information content (AvgIpc) is 2.78. The number of ether oxygens (including phenoxy) is 1. The molecule has 120 valence electrons. The van der Waals surface area contributed by atoms with Crippen LogP contribution in [0.5, 0.6) is 0 Å². The van der Waals surface area contributed by atoms with E-state index in [0.717, 1.165) is 25.5 Å². The molecule has 0 spiro atoms. The average molecular weight is 291 g/mol. The maximum atomic E-state index is 5.99. The predicted molar refractivity (Wildman–Crippen MR) is 88.1 cm³/mol. The minimum Gasteiger partial charge on any atom is -0.360 e. The highest BCUT2D eigenvalue weighted by Crippen LogP contribution is 2.55. The van der Waals surface area contributed by atoms with Gasteiger partial charge in [0.2, 0.25) is 0 Å². The Balaban J connectivity index is 1.82. The summed E-state index contributed by atoms with van der Waals surface area (Å²) in [5.41, 5.74) is 4.31. The normalized spacial score (nSPS) is 38.4. The summed E-state index contributed by atoms with van der Waals surface area (Å²) >= 11 is 0. The van der Waals surface area contributed by atoms with Gasteiger partial charge in [-0.2, -0.15) is 0 Å². The minimum atomic E-state index is -0.0931. The van der Waals surface area contributed by atoms with E-state index in [-0.39, 0.29) is 5.72 Å². The van der Waals surface area contributed by atoms with Gasteiger partial charge in [-0.1, -0.05) is 38.8 Å². The molecule has 2 nitrogen and oxygen atoms in total. The quantitative estimate of drug-likeness (QED) is 0.747. The van der Waals surface area contributed by atoms with Gasteiger partial charge in [0.15, 0.2) is 0 Å². The first-order valence-electron chi connectivity index (χ1n) is 8.82. The summed E-state index contributed by atoms with van der Waals surface area (Å²) in [5, 5.41) is 3.57. The van der Waals surface area contributed by atoms with E-state index in [1.54, 1.807) is 11.1 Å². The van der Waals surface area contributed by atoms with Crippen LogP contribution in [0.2, 0.25) is 0 Å². The van der Waals surface area contributed by atoms with Crippen molar-refractivity contribution >= 4 is 0 Å². The lowest BCUT2D eigenvalue weighted by Crippen LogP contribution is -2.44. The zero-order valence-electron chi connectivity index (χ0n) is 14.6. The molecule has 2 unspecified atom stereocenters. The van der Waals surface area contributed by atoms with Crippen molar-refractivity contribution in [2.24, 2.45) is 16.7 Å². The summed E-state index contributed by atoms with van der Waals surface area (Å²) in [6.45, 7) is 14.0. The zero-order valence-corrected chi connectivity index (χ0v) is 14.6. The third kappa shape index (κ3) is 2.94. The molecular weight excluding hydrogens is 258 g/mol. The van der Waals surface area contributed by atoms with E-state index in [0.29, 0.717) is 10.8 Å². The molecule has 1 aliphatic heterocycles. The Morgan fingerprint density at radius 2 is 1.95 bits per heavy atom. The SMILES string of the molecule is CC1(CC2CC3=C(CC2(C)C)C(C)(C)CCC3)NCCO1. The summed E-state index contributed by atoms with van der Waals surface area (Å²) in [6, 6.07) is 0. The number of hydrogen-bond acceptors (Lipinski definition) is 2. The van der Waals surface area contributed by atoms with E-state index in [9.17, 15) is 0 Å². The van der Waals surface area contributed by atoms with Gasteiger partial charge < -0.3 is 4.74 Å². The monoisotopic (exact) mass is 291 g/mol. The van der Waals surface area contributed by atoms with Gasteiger partial charge in [0.1, 0.15) is 5.72 Å². The van der Waals surface area contributed by atoms with Crippen molar-refractivity contribution in [1.29, 1.82) is 0 Å². The maximum absolute atomic E-state index is 5.99. The summed E-state index contributed by atoms with van der Waals surface area (Å²) in [5.74, 6) is 0.737. The molecule has 21 heavy (non-hydrogen) atoms. The van der Waals surface area contributed by atoms with E-state index in [2.05, 4.69) is 39.9 Å². The third-order valence-electron chi connectivity index (χ3n) is 6.41. The highest BCUT2D eigenvalue weighted by molar-refractivity contribution is 5.29. The summed E-state index contributed by atoms with van der Waals surface area (Å²) in [6.07, 6.45) is 7.83. The molecule has 2 aliphatic carbocycles. The molecule has 0 aromatic carbocycles. The Morgan fingerprint density at radius 1 is 1.19 bits per heavy atom. The fourth-order valence-electron chi connectivity index (χ4n) is 4.88. The summed E-state index contributed by atoms with van der Waals surface area (Å²) in [4.78, 5) is 0. The molecular formula is C19H33NO. The molecule has 0 aromatic heterocycles. The van der Waals surface area contributed by atoms with Crippen LogP contribution in [-0.2, 0) is 4.74 Å². The molecule has 0 amide bonds. The van der Waals surface area contributed by atoms with Crippen molar-refractivity contribution in [3.05, 3.63) is 11.1 Å². The zero-order chi connectivity index (χ0) is 15.3. The van der Waals surface area contributed by atoms with Crippen LogP contribution in [0.25, 0.3) is 0 Å². The smallest absolute Gasteiger partial charge is 0.116 e. The van der Waals surface area contributed by atoms with Crippen LogP contribution < -0.4 is 5.32 Å². The molecule has 3 rings (SSSR count). The molecule has 0 radical (unpaired) electrons. The van der Waals surface area contributed by atoms with Crippen molar-refractivity contribution in [3.63, 3.8) is 0 Å². The van der Waals surface area contributed by atoms with Crippen LogP contribution in [0.4, 0.5) is 0 Å². The van der Waals surface area contributed by atoms with Crippen LogP contribution in [0.3, 0.4) is 0 Å². The van der Waals surface area contributed by atoms with Gasteiger partial charge in [-0.25, -0.2) is 0 Å². The van der Waals surface area contributed by atoms with Gasteiger partial charge in [0, 0.05) is 6.54 Å². The molecule has 3 aliphatic rings. The Hall–Kier alpha value is -0.340. The lowest BCUT2D eigenvalue weighted by atomic mass is 9.57. The Kier molecular flexibility index (Phi) is 3.77. The van der Waals surface area contributed by atoms with Gasteiger partial charge >= 0.3 is 0 Å². The summed E-state index contributed by atoms with van der Waals surface area (Å²) in [7, 11) is 0. The van der Waals surface area contributed by atoms with Crippen LogP contribution >= 0.6 is 0 Å².